The van der Waals surface area contributed by atoms with E-state index in [1.54, 1.807) is 0 Å². The van der Waals surface area contributed by atoms with Crippen molar-refractivity contribution in [3.05, 3.63) is 35.2 Å². The molecule has 2 atom stereocenters. The van der Waals surface area contributed by atoms with Gasteiger partial charge in [0.15, 0.2) is 0 Å². The molecule has 3 rings (SSSR count). The molecule has 0 spiro atoms. The van der Waals surface area contributed by atoms with E-state index in [9.17, 15) is 4.79 Å². The molecule has 0 aromatic carbocycles. The van der Waals surface area contributed by atoms with Crippen molar-refractivity contribution >= 4 is 5.91 Å². The van der Waals surface area contributed by atoms with E-state index >= 15 is 0 Å². The number of amides is 1. The molecule has 1 aliphatic heterocycles. The zero-order valence-electron chi connectivity index (χ0n) is 15.3. The van der Waals surface area contributed by atoms with Crippen LogP contribution in [0, 0.1) is 20.8 Å². The van der Waals surface area contributed by atoms with Gasteiger partial charge < -0.3 is 9.47 Å². The molecule has 1 saturated heterocycles. The molecule has 0 radical (unpaired) electrons. The van der Waals surface area contributed by atoms with Gasteiger partial charge in [-0.25, -0.2) is 4.98 Å². The van der Waals surface area contributed by atoms with Gasteiger partial charge in [0.1, 0.15) is 5.82 Å². The van der Waals surface area contributed by atoms with Crippen LogP contribution in [0.2, 0.25) is 0 Å². The number of rotatable bonds is 3. The predicted octanol–water partition coefficient (Wildman–Crippen LogP) is 2.51. The number of carbonyl (C=O) groups excluding carboxylic acids is 1. The van der Waals surface area contributed by atoms with Gasteiger partial charge in [-0.2, -0.15) is 5.10 Å². The number of piperidine rings is 1. The summed E-state index contributed by atoms with van der Waals surface area (Å²) in [6, 6.07) is 0.327. The Balaban J connectivity index is 1.78. The van der Waals surface area contributed by atoms with E-state index in [1.807, 2.05) is 56.7 Å². The monoisotopic (exact) mass is 329 g/mol. The molecule has 0 saturated carbocycles. The standard InChI is InChI=1S/C18H27N5O/c1-12(17-13(2)20-21(5)14(17)3)18(24)22-9-6-7-16(11-22)23-10-8-19-15(23)4/h8,10,12,16H,6-7,9,11H2,1-5H3. The summed E-state index contributed by atoms with van der Waals surface area (Å²) >= 11 is 0. The van der Waals surface area contributed by atoms with Crippen LogP contribution < -0.4 is 0 Å². The van der Waals surface area contributed by atoms with Gasteiger partial charge in [0.25, 0.3) is 0 Å². The Morgan fingerprint density at radius 1 is 1.33 bits per heavy atom. The molecule has 6 heteroatoms. The minimum atomic E-state index is -0.152. The maximum absolute atomic E-state index is 13.1. The number of hydrogen-bond donors (Lipinski definition) is 0. The molecule has 2 unspecified atom stereocenters. The summed E-state index contributed by atoms with van der Waals surface area (Å²) in [5.41, 5.74) is 3.10. The second-order valence-corrected chi connectivity index (χ2v) is 6.89. The summed E-state index contributed by atoms with van der Waals surface area (Å²) in [7, 11) is 1.93. The van der Waals surface area contributed by atoms with Gasteiger partial charge in [-0.15, -0.1) is 0 Å². The summed E-state index contributed by atoms with van der Waals surface area (Å²) in [4.78, 5) is 19.4. The Bertz CT molecular complexity index is 745. The van der Waals surface area contributed by atoms with E-state index in [2.05, 4.69) is 14.6 Å². The summed E-state index contributed by atoms with van der Waals surface area (Å²) in [5, 5.41) is 4.46. The highest BCUT2D eigenvalue weighted by atomic mass is 16.2. The Labute approximate surface area is 143 Å². The second kappa shape index (κ2) is 6.42. The van der Waals surface area contributed by atoms with E-state index in [0.717, 1.165) is 48.7 Å². The van der Waals surface area contributed by atoms with Crippen LogP contribution in [-0.2, 0) is 11.8 Å². The van der Waals surface area contributed by atoms with E-state index < -0.39 is 0 Å². The summed E-state index contributed by atoms with van der Waals surface area (Å²) in [5.74, 6) is 1.07. The number of aromatic nitrogens is 4. The van der Waals surface area contributed by atoms with Gasteiger partial charge >= 0.3 is 0 Å². The van der Waals surface area contributed by atoms with Gasteiger partial charge in [0.05, 0.1) is 17.7 Å². The maximum atomic E-state index is 13.1. The first kappa shape index (κ1) is 16.7. The Morgan fingerprint density at radius 2 is 2.08 bits per heavy atom. The predicted molar refractivity (Wildman–Crippen MR) is 92.9 cm³/mol. The topological polar surface area (TPSA) is 56.0 Å². The number of imidazole rings is 1. The summed E-state index contributed by atoms with van der Waals surface area (Å²) < 4.78 is 4.06. The maximum Gasteiger partial charge on any atom is 0.230 e. The lowest BCUT2D eigenvalue weighted by atomic mass is 9.95. The molecule has 1 amide bonds. The molecule has 0 aliphatic carbocycles. The fraction of sp³-hybridized carbons (Fsp3) is 0.611. The molecule has 24 heavy (non-hydrogen) atoms. The first-order valence-electron chi connectivity index (χ1n) is 8.68. The van der Waals surface area contributed by atoms with Crippen molar-refractivity contribution in [1.29, 1.82) is 0 Å². The van der Waals surface area contributed by atoms with Crippen LogP contribution in [0.5, 0.6) is 0 Å². The minimum Gasteiger partial charge on any atom is -0.340 e. The van der Waals surface area contributed by atoms with Crippen molar-refractivity contribution in [2.24, 2.45) is 7.05 Å². The lowest BCUT2D eigenvalue weighted by Gasteiger charge is -2.35. The van der Waals surface area contributed by atoms with Gasteiger partial charge in [-0.05, 0) is 40.5 Å². The molecular weight excluding hydrogens is 302 g/mol. The van der Waals surface area contributed by atoms with Crippen molar-refractivity contribution in [2.75, 3.05) is 13.1 Å². The highest BCUT2D eigenvalue weighted by molar-refractivity contribution is 5.84. The molecule has 3 heterocycles. The fourth-order valence-corrected chi connectivity index (χ4v) is 3.97. The van der Waals surface area contributed by atoms with Crippen LogP contribution in [0.1, 0.15) is 54.5 Å². The molecule has 0 bridgehead atoms. The van der Waals surface area contributed by atoms with Crippen molar-refractivity contribution in [3.8, 4) is 0 Å². The van der Waals surface area contributed by atoms with E-state index in [0.29, 0.717) is 6.04 Å². The number of hydrogen-bond acceptors (Lipinski definition) is 3. The van der Waals surface area contributed by atoms with Crippen molar-refractivity contribution < 1.29 is 4.79 Å². The first-order chi connectivity index (χ1) is 11.4. The van der Waals surface area contributed by atoms with Crippen LogP contribution >= 0.6 is 0 Å². The number of carbonyl (C=O) groups is 1. The van der Waals surface area contributed by atoms with Crippen molar-refractivity contribution in [1.82, 2.24) is 24.2 Å². The SMILES string of the molecule is Cc1nn(C)c(C)c1C(C)C(=O)N1CCCC(n2ccnc2C)C1. The second-order valence-electron chi connectivity index (χ2n) is 6.89. The number of nitrogens with zero attached hydrogens (tertiary/aromatic N) is 5. The quantitative estimate of drug-likeness (QED) is 0.869. The van der Waals surface area contributed by atoms with Crippen LogP contribution in [-0.4, -0.2) is 43.2 Å². The highest BCUT2D eigenvalue weighted by Gasteiger charge is 2.31. The van der Waals surface area contributed by atoms with Crippen LogP contribution in [0.25, 0.3) is 0 Å². The van der Waals surface area contributed by atoms with Crippen LogP contribution in [0.4, 0.5) is 0 Å². The average Bonchev–Trinajstić information content (AvgIpc) is 3.10. The van der Waals surface area contributed by atoms with Crippen molar-refractivity contribution in [3.63, 3.8) is 0 Å². The molecule has 2 aromatic rings. The smallest absolute Gasteiger partial charge is 0.230 e. The lowest BCUT2D eigenvalue weighted by Crippen LogP contribution is -2.42. The Kier molecular flexibility index (Phi) is 4.47. The number of likely N-dealkylation sites (tertiary alicyclic amines) is 1. The highest BCUT2D eigenvalue weighted by Crippen LogP contribution is 2.28. The third-order valence-electron chi connectivity index (χ3n) is 5.33. The number of aryl methyl sites for hydroxylation is 3. The normalized spacial score (nSPS) is 19.5. The molecule has 6 nitrogen and oxygen atoms in total. The summed E-state index contributed by atoms with van der Waals surface area (Å²) in [6.07, 6.45) is 5.99. The van der Waals surface area contributed by atoms with E-state index in [1.165, 1.54) is 0 Å². The average molecular weight is 329 g/mol. The van der Waals surface area contributed by atoms with E-state index in [-0.39, 0.29) is 11.8 Å². The zero-order chi connectivity index (χ0) is 17.4. The van der Waals surface area contributed by atoms with Gasteiger partial charge in [0, 0.05) is 43.8 Å². The molecule has 1 fully saturated rings. The first-order valence-corrected chi connectivity index (χ1v) is 8.68. The minimum absolute atomic E-state index is 0.152. The summed E-state index contributed by atoms with van der Waals surface area (Å²) in [6.45, 7) is 9.65. The third kappa shape index (κ3) is 2.85. The molecule has 0 N–H and O–H groups in total. The Morgan fingerprint density at radius 3 is 2.67 bits per heavy atom. The van der Waals surface area contributed by atoms with Gasteiger partial charge in [-0.1, -0.05) is 0 Å². The van der Waals surface area contributed by atoms with Gasteiger partial charge in [-0.3, -0.25) is 9.48 Å². The largest absolute Gasteiger partial charge is 0.340 e. The molecule has 2 aromatic heterocycles. The molecule has 1 aliphatic rings. The Hall–Kier alpha value is -2.11. The van der Waals surface area contributed by atoms with Crippen molar-refractivity contribution in [2.45, 2.75) is 52.5 Å². The molecule has 130 valence electrons. The van der Waals surface area contributed by atoms with Crippen LogP contribution in [0.15, 0.2) is 12.4 Å². The zero-order valence-corrected chi connectivity index (χ0v) is 15.3. The van der Waals surface area contributed by atoms with Crippen LogP contribution in [0.3, 0.4) is 0 Å². The molecular formula is C18H27N5O. The van der Waals surface area contributed by atoms with Gasteiger partial charge in [0.2, 0.25) is 5.91 Å². The third-order valence-corrected chi connectivity index (χ3v) is 5.33. The lowest BCUT2D eigenvalue weighted by molar-refractivity contribution is -0.134. The fourth-order valence-electron chi connectivity index (χ4n) is 3.97. The van der Waals surface area contributed by atoms with E-state index in [4.69, 9.17) is 0 Å².